The summed E-state index contributed by atoms with van der Waals surface area (Å²) in [6.07, 6.45) is 6.81. The standard InChI is InChI=1S/C12H13N3O2/c1-9(12(16)17-2)15-7-6-14-11(15)10-4-3-5-13-8-10/h3-9H,1-2H3. The number of pyridine rings is 1. The molecule has 0 amide bonds. The van der Waals surface area contributed by atoms with Gasteiger partial charge in [0.25, 0.3) is 0 Å². The van der Waals surface area contributed by atoms with Crippen LogP contribution in [0.1, 0.15) is 13.0 Å². The molecule has 0 saturated heterocycles. The number of methoxy groups -OCH3 is 1. The highest BCUT2D eigenvalue weighted by Gasteiger charge is 2.18. The first-order valence-electron chi connectivity index (χ1n) is 5.25. The molecule has 0 aliphatic carbocycles. The molecule has 2 rings (SSSR count). The van der Waals surface area contributed by atoms with Gasteiger partial charge < -0.3 is 9.30 Å². The number of nitrogens with zero attached hydrogens (tertiary/aromatic N) is 3. The van der Waals surface area contributed by atoms with Crippen LogP contribution in [-0.2, 0) is 9.53 Å². The minimum Gasteiger partial charge on any atom is -0.467 e. The molecule has 2 aromatic heterocycles. The summed E-state index contributed by atoms with van der Waals surface area (Å²) >= 11 is 0. The van der Waals surface area contributed by atoms with Crippen LogP contribution in [-0.4, -0.2) is 27.6 Å². The fraction of sp³-hybridized carbons (Fsp3) is 0.250. The van der Waals surface area contributed by atoms with E-state index in [-0.39, 0.29) is 5.97 Å². The largest absolute Gasteiger partial charge is 0.467 e. The molecule has 0 aliphatic heterocycles. The summed E-state index contributed by atoms with van der Waals surface area (Å²) in [5.74, 6) is 0.407. The van der Waals surface area contributed by atoms with Crippen LogP contribution in [0.3, 0.4) is 0 Å². The van der Waals surface area contributed by atoms with Crippen LogP contribution in [0.2, 0.25) is 0 Å². The van der Waals surface area contributed by atoms with Crippen LogP contribution in [0.15, 0.2) is 36.9 Å². The second kappa shape index (κ2) is 4.78. The van der Waals surface area contributed by atoms with Crippen LogP contribution >= 0.6 is 0 Å². The Morgan fingerprint density at radius 1 is 1.47 bits per heavy atom. The Kier molecular flexibility index (Phi) is 3.18. The maximum absolute atomic E-state index is 11.5. The van der Waals surface area contributed by atoms with Crippen LogP contribution in [0.5, 0.6) is 0 Å². The van der Waals surface area contributed by atoms with Crippen molar-refractivity contribution in [2.24, 2.45) is 0 Å². The molecule has 0 radical (unpaired) electrons. The SMILES string of the molecule is COC(=O)C(C)n1ccnc1-c1cccnc1. The molecule has 0 N–H and O–H groups in total. The Morgan fingerprint density at radius 3 is 2.94 bits per heavy atom. The summed E-state index contributed by atoms with van der Waals surface area (Å²) in [4.78, 5) is 19.8. The number of ether oxygens (including phenoxy) is 1. The molecule has 2 heterocycles. The van der Waals surface area contributed by atoms with E-state index in [1.54, 1.807) is 36.3 Å². The highest BCUT2D eigenvalue weighted by atomic mass is 16.5. The van der Waals surface area contributed by atoms with Crippen LogP contribution in [0.4, 0.5) is 0 Å². The summed E-state index contributed by atoms with van der Waals surface area (Å²) in [5, 5.41) is 0. The third kappa shape index (κ3) is 2.18. The fourth-order valence-electron chi connectivity index (χ4n) is 1.63. The fourth-order valence-corrected chi connectivity index (χ4v) is 1.63. The summed E-state index contributed by atoms with van der Waals surface area (Å²) in [6, 6.07) is 3.32. The first-order valence-corrected chi connectivity index (χ1v) is 5.25. The predicted molar refractivity (Wildman–Crippen MR) is 62.2 cm³/mol. The van der Waals surface area contributed by atoms with Crippen molar-refractivity contribution in [2.75, 3.05) is 7.11 Å². The predicted octanol–water partition coefficient (Wildman–Crippen LogP) is 1.68. The molecular weight excluding hydrogens is 218 g/mol. The zero-order valence-electron chi connectivity index (χ0n) is 9.70. The quantitative estimate of drug-likeness (QED) is 0.754. The maximum Gasteiger partial charge on any atom is 0.328 e. The van der Waals surface area contributed by atoms with E-state index in [4.69, 9.17) is 4.74 Å². The minimum absolute atomic E-state index is 0.298. The Balaban J connectivity index is 2.39. The average molecular weight is 231 g/mol. The van der Waals surface area contributed by atoms with Crippen LogP contribution < -0.4 is 0 Å². The molecule has 1 atom stereocenters. The van der Waals surface area contributed by atoms with E-state index in [9.17, 15) is 4.79 Å². The van der Waals surface area contributed by atoms with Gasteiger partial charge in [0.05, 0.1) is 7.11 Å². The smallest absolute Gasteiger partial charge is 0.328 e. The lowest BCUT2D eigenvalue weighted by atomic mass is 10.2. The normalized spacial score (nSPS) is 12.1. The van der Waals surface area contributed by atoms with Crippen LogP contribution in [0.25, 0.3) is 11.4 Å². The Labute approximate surface area is 99.1 Å². The highest BCUT2D eigenvalue weighted by molar-refractivity contribution is 5.74. The van der Waals surface area contributed by atoms with E-state index in [0.29, 0.717) is 5.82 Å². The van der Waals surface area contributed by atoms with Gasteiger partial charge in [0.2, 0.25) is 0 Å². The number of hydrogen-bond donors (Lipinski definition) is 0. The van der Waals surface area contributed by atoms with E-state index in [1.807, 2.05) is 12.1 Å². The summed E-state index contributed by atoms with van der Waals surface area (Å²) < 4.78 is 6.49. The van der Waals surface area contributed by atoms with Crippen molar-refractivity contribution >= 4 is 5.97 Å². The van der Waals surface area contributed by atoms with E-state index in [2.05, 4.69) is 9.97 Å². The molecule has 0 saturated carbocycles. The maximum atomic E-state index is 11.5. The minimum atomic E-state index is -0.405. The number of carbonyl (C=O) groups is 1. The number of esters is 1. The molecule has 0 spiro atoms. The molecular formula is C12H13N3O2. The van der Waals surface area contributed by atoms with Crippen molar-refractivity contribution in [3.8, 4) is 11.4 Å². The van der Waals surface area contributed by atoms with Gasteiger partial charge in [-0.25, -0.2) is 9.78 Å². The van der Waals surface area contributed by atoms with Gasteiger partial charge in [-0.15, -0.1) is 0 Å². The van der Waals surface area contributed by atoms with Gasteiger partial charge in [0.15, 0.2) is 0 Å². The molecule has 17 heavy (non-hydrogen) atoms. The molecule has 2 aromatic rings. The second-order valence-corrected chi connectivity index (χ2v) is 3.60. The molecule has 1 unspecified atom stereocenters. The van der Waals surface area contributed by atoms with Gasteiger partial charge in [0, 0.05) is 30.4 Å². The molecule has 5 nitrogen and oxygen atoms in total. The van der Waals surface area contributed by atoms with Crippen LogP contribution in [0, 0.1) is 0 Å². The van der Waals surface area contributed by atoms with Crippen molar-refractivity contribution in [1.82, 2.24) is 14.5 Å². The van der Waals surface area contributed by atoms with Gasteiger partial charge >= 0.3 is 5.97 Å². The van der Waals surface area contributed by atoms with Crippen molar-refractivity contribution in [1.29, 1.82) is 0 Å². The summed E-state index contributed by atoms with van der Waals surface area (Å²) in [6.45, 7) is 1.77. The van der Waals surface area contributed by atoms with Gasteiger partial charge in [0.1, 0.15) is 11.9 Å². The van der Waals surface area contributed by atoms with E-state index < -0.39 is 6.04 Å². The summed E-state index contributed by atoms with van der Waals surface area (Å²) in [7, 11) is 1.37. The Hall–Kier alpha value is -2.17. The molecule has 0 fully saturated rings. The molecule has 0 aromatic carbocycles. The van der Waals surface area contributed by atoms with E-state index >= 15 is 0 Å². The first kappa shape index (κ1) is 11.3. The van der Waals surface area contributed by atoms with E-state index in [0.717, 1.165) is 5.56 Å². The Morgan fingerprint density at radius 2 is 2.29 bits per heavy atom. The topological polar surface area (TPSA) is 57.0 Å². The third-order valence-corrected chi connectivity index (χ3v) is 2.55. The average Bonchev–Trinajstić information content (AvgIpc) is 2.87. The molecule has 5 heteroatoms. The molecule has 0 bridgehead atoms. The van der Waals surface area contributed by atoms with E-state index in [1.165, 1.54) is 7.11 Å². The number of imidazole rings is 1. The number of hydrogen-bond acceptors (Lipinski definition) is 4. The van der Waals surface area contributed by atoms with Gasteiger partial charge in [-0.1, -0.05) is 0 Å². The molecule has 0 aliphatic rings. The van der Waals surface area contributed by atoms with Crippen molar-refractivity contribution < 1.29 is 9.53 Å². The zero-order valence-corrected chi connectivity index (χ0v) is 9.70. The van der Waals surface area contributed by atoms with Crippen molar-refractivity contribution in [3.05, 3.63) is 36.9 Å². The van der Waals surface area contributed by atoms with Crippen molar-refractivity contribution in [3.63, 3.8) is 0 Å². The molecule has 88 valence electrons. The lowest BCUT2D eigenvalue weighted by molar-refractivity contribution is -0.143. The van der Waals surface area contributed by atoms with Gasteiger partial charge in [-0.2, -0.15) is 0 Å². The zero-order chi connectivity index (χ0) is 12.3. The van der Waals surface area contributed by atoms with Gasteiger partial charge in [-0.3, -0.25) is 4.98 Å². The lowest BCUT2D eigenvalue weighted by Crippen LogP contribution is -2.18. The number of rotatable bonds is 3. The monoisotopic (exact) mass is 231 g/mol. The lowest BCUT2D eigenvalue weighted by Gasteiger charge is -2.13. The van der Waals surface area contributed by atoms with Crippen molar-refractivity contribution in [2.45, 2.75) is 13.0 Å². The highest BCUT2D eigenvalue weighted by Crippen LogP contribution is 2.20. The third-order valence-electron chi connectivity index (χ3n) is 2.55. The Bertz CT molecular complexity index is 507. The van der Waals surface area contributed by atoms with Gasteiger partial charge in [-0.05, 0) is 19.1 Å². The number of carbonyl (C=O) groups excluding carboxylic acids is 1. The first-order chi connectivity index (χ1) is 8.24. The summed E-state index contributed by atoms with van der Waals surface area (Å²) in [5.41, 5.74) is 0.869. The second-order valence-electron chi connectivity index (χ2n) is 3.60. The number of aromatic nitrogens is 3.